The number of hydrogen-bond acceptors (Lipinski definition) is 5. The molecule has 1 aromatic heterocycles. The van der Waals surface area contributed by atoms with Crippen molar-refractivity contribution >= 4 is 35.9 Å². The SMILES string of the molecule is CCNC(=NCc1cc(C(=O)OC)c(C)o1)NCCCN1CCCCC1C.I. The first-order chi connectivity index (χ1) is 13.0. The van der Waals surface area contributed by atoms with Crippen LogP contribution in [0, 0.1) is 6.92 Å². The molecule has 0 amide bonds. The van der Waals surface area contributed by atoms with E-state index in [4.69, 9.17) is 9.15 Å². The summed E-state index contributed by atoms with van der Waals surface area (Å²) in [6.07, 6.45) is 5.07. The molecule has 1 aromatic rings. The van der Waals surface area contributed by atoms with Crippen molar-refractivity contribution in [2.24, 2.45) is 4.99 Å². The third-order valence-electron chi connectivity index (χ3n) is 4.97. The summed E-state index contributed by atoms with van der Waals surface area (Å²) in [6.45, 7) is 10.5. The lowest BCUT2D eigenvalue weighted by atomic mass is 10.0. The molecule has 1 aliphatic heterocycles. The van der Waals surface area contributed by atoms with E-state index in [-0.39, 0.29) is 29.9 Å². The van der Waals surface area contributed by atoms with Crippen LogP contribution in [0.1, 0.15) is 61.4 Å². The Kier molecular flexibility index (Phi) is 11.5. The normalized spacial score (nSPS) is 17.7. The van der Waals surface area contributed by atoms with Crippen LogP contribution >= 0.6 is 24.0 Å². The fraction of sp³-hybridized carbons (Fsp3) is 0.700. The Hall–Kier alpha value is -1.29. The van der Waals surface area contributed by atoms with Gasteiger partial charge in [0.15, 0.2) is 5.96 Å². The molecular formula is C20H35IN4O3. The molecule has 2 heterocycles. The highest BCUT2D eigenvalue weighted by molar-refractivity contribution is 14.0. The number of carbonyl (C=O) groups excluding carboxylic acids is 1. The van der Waals surface area contributed by atoms with Crippen LogP contribution in [0.25, 0.3) is 0 Å². The quantitative estimate of drug-likeness (QED) is 0.185. The second-order valence-electron chi connectivity index (χ2n) is 7.03. The van der Waals surface area contributed by atoms with Gasteiger partial charge in [-0.1, -0.05) is 6.42 Å². The van der Waals surface area contributed by atoms with E-state index in [2.05, 4.69) is 27.4 Å². The number of aliphatic imine (C=N–C) groups is 1. The van der Waals surface area contributed by atoms with Gasteiger partial charge in [0.05, 0.1) is 7.11 Å². The molecule has 2 rings (SSSR count). The zero-order valence-electron chi connectivity index (χ0n) is 17.5. The van der Waals surface area contributed by atoms with Gasteiger partial charge in [-0.15, -0.1) is 24.0 Å². The molecule has 0 aromatic carbocycles. The molecule has 0 aliphatic carbocycles. The molecule has 1 unspecified atom stereocenters. The number of ether oxygens (including phenoxy) is 1. The molecule has 7 nitrogen and oxygen atoms in total. The Morgan fingerprint density at radius 3 is 2.86 bits per heavy atom. The predicted octanol–water partition coefficient (Wildman–Crippen LogP) is 3.31. The predicted molar refractivity (Wildman–Crippen MR) is 123 cm³/mol. The number of halogens is 1. The van der Waals surface area contributed by atoms with Crippen molar-refractivity contribution in [2.45, 2.75) is 59.0 Å². The number of aryl methyl sites for hydroxylation is 1. The Balaban J connectivity index is 0.00000392. The summed E-state index contributed by atoms with van der Waals surface area (Å²) in [5, 5.41) is 6.63. The number of piperidine rings is 1. The van der Waals surface area contributed by atoms with Gasteiger partial charge < -0.3 is 24.7 Å². The minimum atomic E-state index is -0.386. The van der Waals surface area contributed by atoms with Crippen molar-refractivity contribution in [2.75, 3.05) is 33.3 Å². The largest absolute Gasteiger partial charge is 0.465 e. The van der Waals surface area contributed by atoms with E-state index in [9.17, 15) is 4.79 Å². The highest BCUT2D eigenvalue weighted by atomic mass is 127. The molecule has 28 heavy (non-hydrogen) atoms. The number of methoxy groups -OCH3 is 1. The van der Waals surface area contributed by atoms with Crippen molar-refractivity contribution in [3.8, 4) is 0 Å². The Morgan fingerprint density at radius 2 is 2.18 bits per heavy atom. The summed E-state index contributed by atoms with van der Waals surface area (Å²) in [4.78, 5) is 18.8. The summed E-state index contributed by atoms with van der Waals surface area (Å²) >= 11 is 0. The smallest absolute Gasteiger partial charge is 0.341 e. The van der Waals surface area contributed by atoms with Crippen LogP contribution < -0.4 is 10.6 Å². The third-order valence-corrected chi connectivity index (χ3v) is 4.97. The lowest BCUT2D eigenvalue weighted by Gasteiger charge is -2.33. The first-order valence-electron chi connectivity index (χ1n) is 9.99. The third kappa shape index (κ3) is 7.62. The fourth-order valence-corrected chi connectivity index (χ4v) is 3.41. The average Bonchev–Trinajstić information content (AvgIpc) is 3.04. The Bertz CT molecular complexity index is 633. The van der Waals surface area contributed by atoms with Gasteiger partial charge in [-0.3, -0.25) is 0 Å². The number of carbonyl (C=O) groups is 1. The number of guanidine groups is 1. The topological polar surface area (TPSA) is 79.1 Å². The van der Waals surface area contributed by atoms with Crippen LogP contribution in [0.15, 0.2) is 15.5 Å². The van der Waals surface area contributed by atoms with Crippen molar-refractivity contribution in [3.63, 3.8) is 0 Å². The second-order valence-corrected chi connectivity index (χ2v) is 7.03. The van der Waals surface area contributed by atoms with Crippen molar-refractivity contribution < 1.29 is 13.9 Å². The molecule has 8 heteroatoms. The molecule has 0 saturated carbocycles. The van der Waals surface area contributed by atoms with Crippen LogP contribution in [0.4, 0.5) is 0 Å². The van der Waals surface area contributed by atoms with Crippen LogP contribution in [0.3, 0.4) is 0 Å². The van der Waals surface area contributed by atoms with Crippen molar-refractivity contribution in [3.05, 3.63) is 23.2 Å². The lowest BCUT2D eigenvalue weighted by molar-refractivity contribution is 0.0599. The van der Waals surface area contributed by atoms with E-state index in [1.165, 1.54) is 32.9 Å². The second kappa shape index (κ2) is 13.0. The number of esters is 1. The van der Waals surface area contributed by atoms with Gasteiger partial charge in [0, 0.05) is 25.7 Å². The Labute approximate surface area is 185 Å². The van der Waals surface area contributed by atoms with Gasteiger partial charge in [0.25, 0.3) is 0 Å². The summed E-state index contributed by atoms with van der Waals surface area (Å²) in [6, 6.07) is 2.40. The van der Waals surface area contributed by atoms with Crippen LogP contribution in [0.2, 0.25) is 0 Å². The summed E-state index contributed by atoms with van der Waals surface area (Å²) < 4.78 is 10.4. The maximum absolute atomic E-state index is 11.7. The molecule has 0 spiro atoms. The van der Waals surface area contributed by atoms with Crippen LogP contribution in [-0.4, -0.2) is 56.2 Å². The number of furan rings is 1. The molecule has 1 saturated heterocycles. The maximum Gasteiger partial charge on any atom is 0.341 e. The highest BCUT2D eigenvalue weighted by Crippen LogP contribution is 2.17. The summed E-state index contributed by atoms with van der Waals surface area (Å²) in [5.74, 6) is 1.58. The van der Waals surface area contributed by atoms with Gasteiger partial charge in [-0.25, -0.2) is 9.79 Å². The number of likely N-dealkylation sites (tertiary alicyclic amines) is 1. The van der Waals surface area contributed by atoms with E-state index in [0.29, 0.717) is 29.7 Å². The monoisotopic (exact) mass is 506 g/mol. The van der Waals surface area contributed by atoms with E-state index in [0.717, 1.165) is 32.0 Å². The molecular weight excluding hydrogens is 471 g/mol. The number of nitrogens with one attached hydrogen (secondary N) is 2. The van der Waals surface area contributed by atoms with E-state index >= 15 is 0 Å². The van der Waals surface area contributed by atoms with Crippen molar-refractivity contribution in [1.82, 2.24) is 15.5 Å². The van der Waals surface area contributed by atoms with E-state index in [1.54, 1.807) is 13.0 Å². The van der Waals surface area contributed by atoms with Crippen LogP contribution in [0.5, 0.6) is 0 Å². The number of hydrogen-bond donors (Lipinski definition) is 2. The van der Waals surface area contributed by atoms with Crippen LogP contribution in [-0.2, 0) is 11.3 Å². The van der Waals surface area contributed by atoms with Gasteiger partial charge in [-0.2, -0.15) is 0 Å². The minimum absolute atomic E-state index is 0. The number of rotatable bonds is 8. The zero-order chi connectivity index (χ0) is 19.6. The molecule has 0 radical (unpaired) electrons. The molecule has 0 bridgehead atoms. The van der Waals surface area contributed by atoms with E-state index < -0.39 is 0 Å². The zero-order valence-corrected chi connectivity index (χ0v) is 19.9. The first kappa shape index (κ1) is 24.7. The maximum atomic E-state index is 11.7. The molecule has 160 valence electrons. The van der Waals surface area contributed by atoms with Gasteiger partial charge in [0.1, 0.15) is 23.6 Å². The fourth-order valence-electron chi connectivity index (χ4n) is 3.41. The van der Waals surface area contributed by atoms with Gasteiger partial charge >= 0.3 is 5.97 Å². The standard InChI is InChI=1S/C20H34N4O3.HI/c1-5-21-20(22-10-8-12-24-11-7-6-9-15(24)2)23-14-17-13-18(16(3)27-17)19(25)26-4;/h13,15H,5-12,14H2,1-4H3,(H2,21,22,23);1H. The van der Waals surface area contributed by atoms with Gasteiger partial charge in [0.2, 0.25) is 0 Å². The number of nitrogens with zero attached hydrogens (tertiary/aromatic N) is 2. The molecule has 1 fully saturated rings. The highest BCUT2D eigenvalue weighted by Gasteiger charge is 2.17. The summed E-state index contributed by atoms with van der Waals surface area (Å²) in [7, 11) is 1.37. The minimum Gasteiger partial charge on any atom is -0.465 e. The Morgan fingerprint density at radius 1 is 1.39 bits per heavy atom. The van der Waals surface area contributed by atoms with Crippen molar-refractivity contribution in [1.29, 1.82) is 0 Å². The first-order valence-corrected chi connectivity index (χ1v) is 9.99. The average molecular weight is 506 g/mol. The molecule has 1 atom stereocenters. The summed E-state index contributed by atoms with van der Waals surface area (Å²) in [5.41, 5.74) is 0.455. The molecule has 2 N–H and O–H groups in total. The van der Waals surface area contributed by atoms with Gasteiger partial charge in [-0.05, 0) is 52.6 Å². The van der Waals surface area contributed by atoms with E-state index in [1.807, 2.05) is 6.92 Å². The lowest BCUT2D eigenvalue weighted by Crippen LogP contribution is -2.41. The molecule has 1 aliphatic rings.